The highest BCUT2D eigenvalue weighted by Crippen LogP contribution is 2.22. The molecule has 0 saturated heterocycles. The van der Waals surface area contributed by atoms with Crippen molar-refractivity contribution in [3.63, 3.8) is 0 Å². The van der Waals surface area contributed by atoms with Gasteiger partial charge in [0.2, 0.25) is 0 Å². The van der Waals surface area contributed by atoms with Gasteiger partial charge in [0.25, 0.3) is 10.0 Å². The van der Waals surface area contributed by atoms with E-state index in [1.165, 1.54) is 43.5 Å². The smallest absolute Gasteiger partial charge is 0.337 e. The fourth-order valence-electron chi connectivity index (χ4n) is 1.84. The second kappa shape index (κ2) is 6.90. The summed E-state index contributed by atoms with van der Waals surface area (Å²) in [5, 5.41) is 8.94. The lowest BCUT2D eigenvalue weighted by atomic mass is 10.2. The van der Waals surface area contributed by atoms with Crippen LogP contribution in [0.1, 0.15) is 20.7 Å². The van der Waals surface area contributed by atoms with Crippen molar-refractivity contribution in [3.8, 4) is 0 Å². The molecule has 0 aliphatic rings. The van der Waals surface area contributed by atoms with Gasteiger partial charge in [0.05, 0.1) is 28.2 Å². The molecular formula is C15H12ClNO6S. The molecule has 0 saturated carbocycles. The van der Waals surface area contributed by atoms with E-state index in [1.54, 1.807) is 0 Å². The molecular weight excluding hydrogens is 358 g/mol. The first-order chi connectivity index (χ1) is 11.2. The molecule has 0 fully saturated rings. The minimum absolute atomic E-state index is 0.0659. The third-order valence-electron chi connectivity index (χ3n) is 3.04. The molecule has 2 N–H and O–H groups in total. The zero-order valence-corrected chi connectivity index (χ0v) is 13.9. The van der Waals surface area contributed by atoms with Gasteiger partial charge in [-0.25, -0.2) is 18.0 Å². The number of ether oxygens (including phenoxy) is 1. The van der Waals surface area contributed by atoms with Crippen LogP contribution >= 0.6 is 11.6 Å². The molecule has 0 bridgehead atoms. The number of benzene rings is 2. The molecule has 0 amide bonds. The highest BCUT2D eigenvalue weighted by Gasteiger charge is 2.18. The maximum absolute atomic E-state index is 12.3. The Morgan fingerprint density at radius 1 is 1.12 bits per heavy atom. The molecule has 2 aromatic rings. The van der Waals surface area contributed by atoms with Gasteiger partial charge < -0.3 is 9.84 Å². The minimum Gasteiger partial charge on any atom is -0.478 e. The van der Waals surface area contributed by atoms with Gasteiger partial charge in [0.15, 0.2) is 0 Å². The number of carboxylic acids is 1. The Kier molecular flexibility index (Phi) is 5.10. The Morgan fingerprint density at radius 2 is 1.75 bits per heavy atom. The molecule has 126 valence electrons. The molecule has 7 nitrogen and oxygen atoms in total. The number of hydrogen-bond donors (Lipinski definition) is 2. The van der Waals surface area contributed by atoms with E-state index in [4.69, 9.17) is 16.7 Å². The number of rotatable bonds is 5. The zero-order chi connectivity index (χ0) is 17.9. The van der Waals surface area contributed by atoms with E-state index >= 15 is 0 Å². The maximum atomic E-state index is 12.3. The van der Waals surface area contributed by atoms with Gasteiger partial charge >= 0.3 is 11.9 Å². The van der Waals surface area contributed by atoms with Crippen LogP contribution in [-0.2, 0) is 14.8 Å². The molecule has 0 aromatic heterocycles. The molecule has 0 unspecified atom stereocenters. The second-order valence-corrected chi connectivity index (χ2v) is 6.71. The first kappa shape index (κ1) is 17.8. The Balaban J connectivity index is 2.30. The minimum atomic E-state index is -4.01. The van der Waals surface area contributed by atoms with Crippen LogP contribution in [0, 0.1) is 0 Å². The number of carbonyl (C=O) groups is 2. The van der Waals surface area contributed by atoms with Crippen molar-refractivity contribution in [1.29, 1.82) is 0 Å². The van der Waals surface area contributed by atoms with Crippen LogP contribution in [0.3, 0.4) is 0 Å². The molecule has 0 spiro atoms. The van der Waals surface area contributed by atoms with Crippen molar-refractivity contribution in [1.82, 2.24) is 0 Å². The molecule has 0 aliphatic heterocycles. The lowest BCUT2D eigenvalue weighted by Gasteiger charge is -2.10. The van der Waals surface area contributed by atoms with Crippen LogP contribution in [0.25, 0.3) is 0 Å². The highest BCUT2D eigenvalue weighted by atomic mass is 35.5. The largest absolute Gasteiger partial charge is 0.478 e. The van der Waals surface area contributed by atoms with E-state index in [9.17, 15) is 18.0 Å². The summed E-state index contributed by atoms with van der Waals surface area (Å²) in [6.45, 7) is 0. The number of methoxy groups -OCH3 is 1. The number of esters is 1. The Bertz CT molecular complexity index is 893. The summed E-state index contributed by atoms with van der Waals surface area (Å²) in [5.74, 6) is -1.88. The normalized spacial score (nSPS) is 10.9. The van der Waals surface area contributed by atoms with Crippen LogP contribution in [0.4, 0.5) is 5.69 Å². The number of carbonyl (C=O) groups excluding carboxylic acids is 1. The topological polar surface area (TPSA) is 110 Å². The van der Waals surface area contributed by atoms with Crippen LogP contribution in [0.15, 0.2) is 47.4 Å². The van der Waals surface area contributed by atoms with Gasteiger partial charge in [0.1, 0.15) is 0 Å². The fraction of sp³-hybridized carbons (Fsp3) is 0.0667. The quantitative estimate of drug-likeness (QED) is 0.784. The fourth-order valence-corrected chi connectivity index (χ4v) is 3.12. The average Bonchev–Trinajstić information content (AvgIpc) is 2.54. The van der Waals surface area contributed by atoms with Gasteiger partial charge in [-0.1, -0.05) is 11.6 Å². The van der Waals surface area contributed by atoms with Crippen molar-refractivity contribution < 1.29 is 27.9 Å². The van der Waals surface area contributed by atoms with E-state index in [0.717, 1.165) is 6.07 Å². The summed E-state index contributed by atoms with van der Waals surface area (Å²) in [6.07, 6.45) is 0. The Morgan fingerprint density at radius 3 is 2.29 bits per heavy atom. The maximum Gasteiger partial charge on any atom is 0.337 e. The average molecular weight is 370 g/mol. The molecule has 0 atom stereocenters. The summed E-state index contributed by atoms with van der Waals surface area (Å²) in [4.78, 5) is 22.1. The third kappa shape index (κ3) is 3.84. The number of aromatic carboxylic acids is 1. The summed E-state index contributed by atoms with van der Waals surface area (Å²) < 4.78 is 31.5. The van der Waals surface area contributed by atoms with Gasteiger partial charge in [0, 0.05) is 5.69 Å². The molecule has 0 radical (unpaired) electrons. The summed E-state index contributed by atoms with van der Waals surface area (Å²) in [6, 6.07) is 8.92. The van der Waals surface area contributed by atoms with E-state index < -0.39 is 22.0 Å². The van der Waals surface area contributed by atoms with Crippen LogP contribution in [-0.4, -0.2) is 32.6 Å². The Labute approximate surface area is 142 Å². The molecule has 24 heavy (non-hydrogen) atoms. The SMILES string of the molecule is COC(=O)c1ccc(NS(=O)(=O)c2ccc(Cl)c(C(=O)O)c2)cc1. The van der Waals surface area contributed by atoms with E-state index in [-0.39, 0.29) is 26.7 Å². The van der Waals surface area contributed by atoms with Crippen molar-refractivity contribution in [2.45, 2.75) is 4.90 Å². The molecule has 9 heteroatoms. The monoisotopic (exact) mass is 369 g/mol. The third-order valence-corrected chi connectivity index (χ3v) is 4.75. The number of anilines is 1. The van der Waals surface area contributed by atoms with Crippen molar-refractivity contribution in [3.05, 3.63) is 58.6 Å². The van der Waals surface area contributed by atoms with Crippen molar-refractivity contribution in [2.24, 2.45) is 0 Å². The summed E-state index contributed by atoms with van der Waals surface area (Å²) >= 11 is 5.72. The number of hydrogen-bond acceptors (Lipinski definition) is 5. The lowest BCUT2D eigenvalue weighted by Crippen LogP contribution is -2.14. The zero-order valence-electron chi connectivity index (χ0n) is 12.3. The van der Waals surface area contributed by atoms with E-state index in [1.807, 2.05) is 0 Å². The van der Waals surface area contributed by atoms with E-state index in [0.29, 0.717) is 0 Å². The van der Waals surface area contributed by atoms with Crippen LogP contribution in [0.5, 0.6) is 0 Å². The van der Waals surface area contributed by atoms with Crippen molar-refractivity contribution >= 4 is 39.3 Å². The van der Waals surface area contributed by atoms with Gasteiger partial charge in [-0.05, 0) is 42.5 Å². The molecule has 0 heterocycles. The standard InChI is InChI=1S/C15H12ClNO6S/c1-23-15(20)9-2-4-10(5-3-9)17-24(21,22)11-6-7-13(16)12(8-11)14(18)19/h2-8,17H,1H3,(H,18,19). The first-order valence-corrected chi connectivity index (χ1v) is 8.35. The van der Waals surface area contributed by atoms with E-state index in [2.05, 4.69) is 9.46 Å². The van der Waals surface area contributed by atoms with Gasteiger partial charge in [-0.3, -0.25) is 4.72 Å². The second-order valence-electron chi connectivity index (χ2n) is 4.62. The number of halogens is 1. The molecule has 0 aliphatic carbocycles. The lowest BCUT2D eigenvalue weighted by molar-refractivity contribution is 0.0600. The Hall–Kier alpha value is -2.58. The number of carboxylic acid groups (broad SMARTS) is 1. The summed E-state index contributed by atoms with van der Waals surface area (Å²) in [5.41, 5.74) is 0.148. The van der Waals surface area contributed by atoms with Gasteiger partial charge in [-0.15, -0.1) is 0 Å². The number of nitrogens with one attached hydrogen (secondary N) is 1. The molecule has 2 aromatic carbocycles. The predicted octanol–water partition coefficient (Wildman–Crippen LogP) is 2.63. The van der Waals surface area contributed by atoms with Crippen LogP contribution in [0.2, 0.25) is 5.02 Å². The highest BCUT2D eigenvalue weighted by molar-refractivity contribution is 7.92. The van der Waals surface area contributed by atoms with Crippen molar-refractivity contribution in [2.75, 3.05) is 11.8 Å². The summed E-state index contributed by atoms with van der Waals surface area (Å²) in [7, 11) is -2.78. The van der Waals surface area contributed by atoms with Crippen LogP contribution < -0.4 is 4.72 Å². The van der Waals surface area contributed by atoms with Gasteiger partial charge in [-0.2, -0.15) is 0 Å². The molecule has 2 rings (SSSR count). The predicted molar refractivity (Wildman–Crippen MR) is 87.0 cm³/mol. The number of sulfonamides is 1. The first-order valence-electron chi connectivity index (χ1n) is 6.48.